The van der Waals surface area contributed by atoms with Gasteiger partial charge >= 0.3 is 0 Å². The molecule has 0 spiro atoms. The van der Waals surface area contributed by atoms with E-state index < -0.39 is 0 Å². The highest BCUT2D eigenvalue weighted by atomic mass is 35.5. The Morgan fingerprint density at radius 3 is 3.00 bits per heavy atom. The van der Waals surface area contributed by atoms with E-state index in [-0.39, 0.29) is 18.3 Å². The van der Waals surface area contributed by atoms with Gasteiger partial charge in [0.15, 0.2) is 5.69 Å². The summed E-state index contributed by atoms with van der Waals surface area (Å²) in [7, 11) is 0. The third-order valence-electron chi connectivity index (χ3n) is 4.68. The zero-order chi connectivity index (χ0) is 15.4. The molecule has 2 aliphatic heterocycles. The number of nitrogens with zero attached hydrogens (tertiary/aromatic N) is 4. The second-order valence-corrected chi connectivity index (χ2v) is 5.97. The van der Waals surface area contributed by atoms with E-state index in [2.05, 4.69) is 25.1 Å². The Morgan fingerprint density at radius 2 is 2.08 bits per heavy atom. The van der Waals surface area contributed by atoms with Gasteiger partial charge in [-0.15, -0.1) is 12.4 Å². The summed E-state index contributed by atoms with van der Waals surface area (Å²) >= 11 is 0. The lowest BCUT2D eigenvalue weighted by Crippen LogP contribution is -2.32. The van der Waals surface area contributed by atoms with Crippen LogP contribution in [0.1, 0.15) is 21.7 Å². The molecule has 0 radical (unpaired) electrons. The molecule has 2 N–H and O–H groups in total. The number of amides is 1. The summed E-state index contributed by atoms with van der Waals surface area (Å²) in [6.45, 7) is 3.02. The van der Waals surface area contributed by atoms with Crippen molar-refractivity contribution in [1.82, 2.24) is 25.1 Å². The van der Waals surface area contributed by atoms with Crippen molar-refractivity contribution < 1.29 is 4.79 Å². The van der Waals surface area contributed by atoms with Gasteiger partial charge < -0.3 is 9.88 Å². The molecule has 0 fully saturated rings. The van der Waals surface area contributed by atoms with Gasteiger partial charge in [-0.25, -0.2) is 4.98 Å². The number of hydrogen-bond donors (Lipinski definition) is 2. The first kappa shape index (κ1) is 15.2. The highest BCUT2D eigenvalue weighted by molar-refractivity contribution is 6.06. The number of imidazole rings is 1. The average Bonchev–Trinajstić information content (AvgIpc) is 3.27. The van der Waals surface area contributed by atoms with Crippen LogP contribution in [0, 0.1) is 0 Å². The number of halogens is 1. The van der Waals surface area contributed by atoms with E-state index in [1.54, 1.807) is 4.90 Å². The molecule has 7 nitrogen and oxygen atoms in total. The number of fused-ring (bicyclic) bond motifs is 4. The van der Waals surface area contributed by atoms with E-state index in [1.807, 2.05) is 24.3 Å². The summed E-state index contributed by atoms with van der Waals surface area (Å²) in [6, 6.07) is 7.98. The van der Waals surface area contributed by atoms with Gasteiger partial charge in [-0.3, -0.25) is 14.8 Å². The first-order chi connectivity index (χ1) is 11.3. The number of H-pyrrole nitrogens is 1. The summed E-state index contributed by atoms with van der Waals surface area (Å²) in [5.41, 5.74) is 4.58. The highest BCUT2D eigenvalue weighted by Gasteiger charge is 2.32. The van der Waals surface area contributed by atoms with Crippen molar-refractivity contribution in [2.45, 2.75) is 19.5 Å². The van der Waals surface area contributed by atoms with Crippen LogP contribution < -0.4 is 10.2 Å². The molecule has 0 bridgehead atoms. The first-order valence-electron chi connectivity index (χ1n) is 7.87. The van der Waals surface area contributed by atoms with E-state index in [1.165, 1.54) is 0 Å². The van der Waals surface area contributed by atoms with Crippen LogP contribution in [-0.2, 0) is 19.5 Å². The third-order valence-corrected chi connectivity index (χ3v) is 4.68. The van der Waals surface area contributed by atoms with Crippen LogP contribution in [0.2, 0.25) is 0 Å². The quantitative estimate of drug-likeness (QED) is 0.701. The summed E-state index contributed by atoms with van der Waals surface area (Å²) in [4.78, 5) is 19.4. The highest BCUT2D eigenvalue weighted by Crippen LogP contribution is 2.29. The molecule has 0 saturated carbocycles. The minimum Gasteiger partial charge on any atom is -0.312 e. The molecule has 8 heteroatoms. The van der Waals surface area contributed by atoms with Crippen molar-refractivity contribution in [3.05, 3.63) is 41.2 Å². The standard InChI is InChI=1S/C16H16N6O.ClH/c23-15(14-10-9-17-6-5-11(10)19-20-14)22-8-7-21-13-4-2-1-3-12(13)18-16(21)22;/h1-4,17H,5-9H2,(H,19,20);1H. The Morgan fingerprint density at radius 1 is 1.21 bits per heavy atom. The summed E-state index contributed by atoms with van der Waals surface area (Å²) in [5, 5.41) is 10.6. The summed E-state index contributed by atoms with van der Waals surface area (Å²) in [6.07, 6.45) is 0.883. The number of anilines is 1. The van der Waals surface area contributed by atoms with Crippen LogP contribution in [0.4, 0.5) is 5.95 Å². The molecule has 3 aromatic rings. The number of carbonyl (C=O) groups excluding carboxylic acids is 1. The lowest BCUT2D eigenvalue weighted by molar-refractivity contribution is 0.0983. The predicted molar refractivity (Wildman–Crippen MR) is 92.7 cm³/mol. The van der Waals surface area contributed by atoms with E-state index in [4.69, 9.17) is 0 Å². The normalized spacial score (nSPS) is 15.9. The fraction of sp³-hybridized carbons (Fsp3) is 0.312. The van der Waals surface area contributed by atoms with Crippen molar-refractivity contribution in [1.29, 1.82) is 0 Å². The molecule has 1 aromatic carbocycles. The van der Waals surface area contributed by atoms with Gasteiger partial charge in [-0.2, -0.15) is 5.10 Å². The minimum atomic E-state index is -0.0692. The number of aromatic amines is 1. The summed E-state index contributed by atoms with van der Waals surface area (Å²) < 4.78 is 2.10. The minimum absolute atomic E-state index is 0. The average molecular weight is 345 g/mol. The zero-order valence-electron chi connectivity index (χ0n) is 13.0. The second kappa shape index (κ2) is 5.61. The Hall–Kier alpha value is -2.38. The number of hydrogen-bond acceptors (Lipinski definition) is 4. The molecule has 4 heterocycles. The number of rotatable bonds is 1. The van der Waals surface area contributed by atoms with Crippen molar-refractivity contribution in [3.8, 4) is 0 Å². The van der Waals surface area contributed by atoms with E-state index >= 15 is 0 Å². The molecular formula is C16H17ClN6O. The van der Waals surface area contributed by atoms with Crippen LogP contribution in [-0.4, -0.2) is 38.7 Å². The Balaban J connectivity index is 0.00000146. The largest absolute Gasteiger partial charge is 0.312 e. The van der Waals surface area contributed by atoms with Crippen molar-refractivity contribution in [2.75, 3.05) is 18.0 Å². The molecule has 2 aromatic heterocycles. The van der Waals surface area contributed by atoms with Crippen LogP contribution in [0.25, 0.3) is 11.0 Å². The van der Waals surface area contributed by atoms with Crippen LogP contribution in [0.15, 0.2) is 24.3 Å². The molecule has 24 heavy (non-hydrogen) atoms. The molecule has 0 aliphatic carbocycles. The van der Waals surface area contributed by atoms with Gasteiger partial charge in [0.2, 0.25) is 5.95 Å². The predicted octanol–water partition coefficient (Wildman–Crippen LogP) is 1.49. The van der Waals surface area contributed by atoms with Gasteiger partial charge in [-0.05, 0) is 12.1 Å². The number of aromatic nitrogens is 4. The lowest BCUT2D eigenvalue weighted by Gasteiger charge is -2.16. The monoisotopic (exact) mass is 344 g/mol. The number of benzene rings is 1. The smallest absolute Gasteiger partial charge is 0.281 e. The van der Waals surface area contributed by atoms with Crippen molar-refractivity contribution in [2.24, 2.45) is 0 Å². The van der Waals surface area contributed by atoms with Gasteiger partial charge in [0, 0.05) is 43.9 Å². The van der Waals surface area contributed by atoms with Crippen molar-refractivity contribution in [3.63, 3.8) is 0 Å². The van der Waals surface area contributed by atoms with E-state index in [0.717, 1.165) is 47.7 Å². The topological polar surface area (TPSA) is 78.8 Å². The molecule has 5 rings (SSSR count). The fourth-order valence-corrected chi connectivity index (χ4v) is 3.51. The maximum Gasteiger partial charge on any atom is 0.281 e. The van der Waals surface area contributed by atoms with E-state index in [9.17, 15) is 4.79 Å². The number of para-hydroxylation sites is 2. The van der Waals surface area contributed by atoms with Crippen LogP contribution >= 0.6 is 12.4 Å². The Kier molecular flexibility index (Phi) is 3.54. The lowest BCUT2D eigenvalue weighted by atomic mass is 10.1. The summed E-state index contributed by atoms with van der Waals surface area (Å²) in [5.74, 6) is 0.650. The van der Waals surface area contributed by atoms with E-state index in [0.29, 0.717) is 18.8 Å². The maximum atomic E-state index is 13.0. The third kappa shape index (κ3) is 2.05. The van der Waals surface area contributed by atoms with Gasteiger partial charge in [0.05, 0.1) is 11.0 Å². The molecule has 124 valence electrons. The zero-order valence-corrected chi connectivity index (χ0v) is 13.8. The number of carbonyl (C=O) groups is 1. The molecule has 0 unspecified atom stereocenters. The SMILES string of the molecule is Cl.O=C(c1n[nH]c2c1CNCC2)N1CCn2c1nc1ccccc12. The molecular weight excluding hydrogens is 328 g/mol. The fourth-order valence-electron chi connectivity index (χ4n) is 3.51. The van der Waals surface area contributed by atoms with Gasteiger partial charge in [0.1, 0.15) is 0 Å². The molecule has 0 saturated heterocycles. The maximum absolute atomic E-state index is 13.0. The molecule has 2 aliphatic rings. The first-order valence-corrected chi connectivity index (χ1v) is 7.87. The second-order valence-electron chi connectivity index (χ2n) is 5.97. The Bertz CT molecular complexity index is 930. The van der Waals surface area contributed by atoms with Crippen LogP contribution in [0.5, 0.6) is 0 Å². The van der Waals surface area contributed by atoms with Gasteiger partial charge in [-0.1, -0.05) is 12.1 Å². The molecule has 1 amide bonds. The van der Waals surface area contributed by atoms with Crippen LogP contribution in [0.3, 0.4) is 0 Å². The van der Waals surface area contributed by atoms with Crippen molar-refractivity contribution >= 4 is 35.3 Å². The van der Waals surface area contributed by atoms with Gasteiger partial charge in [0.25, 0.3) is 5.91 Å². The number of nitrogens with one attached hydrogen (secondary N) is 2. The Labute approximate surface area is 144 Å². The molecule has 0 atom stereocenters.